The van der Waals surface area contributed by atoms with Crippen LogP contribution in [-0.2, 0) is 18.4 Å². The van der Waals surface area contributed by atoms with Gasteiger partial charge in [-0.25, -0.2) is 0 Å². The van der Waals surface area contributed by atoms with Gasteiger partial charge in [-0.2, -0.15) is 0 Å². The van der Waals surface area contributed by atoms with Crippen molar-refractivity contribution in [3.8, 4) is 0 Å². The van der Waals surface area contributed by atoms with Crippen LogP contribution in [0.2, 0.25) is 0 Å². The van der Waals surface area contributed by atoms with E-state index in [-0.39, 0.29) is 19.1 Å². The highest BCUT2D eigenvalue weighted by Gasteiger charge is 2.23. The molecule has 3 unspecified atom stereocenters. The SMILES string of the molecule is CCCCCCCCCCCCCCCC/C=C/C(O)C(COP(=O)([O-])OCC[N+](C)(C)C)NC(=O)CCCCCCCCCCCCCCCCCCCCCCC. The van der Waals surface area contributed by atoms with Gasteiger partial charge in [0.2, 0.25) is 5.91 Å². The third kappa shape index (κ3) is 45.1. The molecule has 0 saturated carbocycles. The molecule has 2 N–H and O–H groups in total. The number of nitrogens with one attached hydrogen (secondary N) is 1. The summed E-state index contributed by atoms with van der Waals surface area (Å²) in [4.78, 5) is 25.4. The Labute approximate surface area is 367 Å². The Bertz CT molecular complexity index is 974. The highest BCUT2D eigenvalue weighted by molar-refractivity contribution is 7.45. The molecular formula is C50H101N2O6P. The van der Waals surface area contributed by atoms with Gasteiger partial charge in [0.1, 0.15) is 13.2 Å². The van der Waals surface area contributed by atoms with Crippen molar-refractivity contribution in [3.63, 3.8) is 0 Å². The molecule has 9 heteroatoms. The third-order valence-corrected chi connectivity index (χ3v) is 12.7. The Balaban J connectivity index is 4.26. The number of allylic oxidation sites excluding steroid dienone is 1. The van der Waals surface area contributed by atoms with Crippen molar-refractivity contribution < 1.29 is 32.9 Å². The van der Waals surface area contributed by atoms with Gasteiger partial charge < -0.3 is 28.8 Å². The predicted octanol–water partition coefficient (Wildman–Crippen LogP) is 14.1. The summed E-state index contributed by atoms with van der Waals surface area (Å²) in [6, 6.07) is -0.880. The lowest BCUT2D eigenvalue weighted by Crippen LogP contribution is -2.45. The Kier molecular flexibility index (Phi) is 42.0. The molecule has 1 amide bonds. The van der Waals surface area contributed by atoms with Crippen molar-refractivity contribution in [2.75, 3.05) is 40.9 Å². The summed E-state index contributed by atoms with van der Waals surface area (Å²) in [5.74, 6) is -0.192. The second-order valence-electron chi connectivity index (χ2n) is 18.9. The molecule has 0 aliphatic rings. The van der Waals surface area contributed by atoms with Gasteiger partial charge >= 0.3 is 0 Å². The van der Waals surface area contributed by atoms with Crippen LogP contribution < -0.4 is 10.2 Å². The molecule has 0 aromatic carbocycles. The van der Waals surface area contributed by atoms with Crippen LogP contribution in [0.25, 0.3) is 0 Å². The maximum absolute atomic E-state index is 12.9. The summed E-state index contributed by atoms with van der Waals surface area (Å²) in [6.45, 7) is 4.68. The molecule has 0 spiro atoms. The summed E-state index contributed by atoms with van der Waals surface area (Å²) in [7, 11) is 1.27. The van der Waals surface area contributed by atoms with E-state index < -0.39 is 20.0 Å². The fourth-order valence-corrected chi connectivity index (χ4v) is 8.41. The molecule has 0 aliphatic heterocycles. The van der Waals surface area contributed by atoms with Crippen molar-refractivity contribution in [3.05, 3.63) is 12.2 Å². The van der Waals surface area contributed by atoms with E-state index >= 15 is 0 Å². The Morgan fingerprint density at radius 2 is 0.915 bits per heavy atom. The first-order chi connectivity index (χ1) is 28.5. The minimum atomic E-state index is -4.59. The fraction of sp³-hybridized carbons (Fsp3) is 0.940. The number of rotatable bonds is 47. The molecule has 352 valence electrons. The third-order valence-electron chi connectivity index (χ3n) is 11.7. The number of carbonyl (C=O) groups excluding carboxylic acids is 1. The number of hydrogen-bond acceptors (Lipinski definition) is 6. The van der Waals surface area contributed by atoms with Crippen LogP contribution in [0.5, 0.6) is 0 Å². The zero-order valence-electron chi connectivity index (χ0n) is 40.0. The molecule has 3 atom stereocenters. The molecule has 0 heterocycles. The molecule has 0 aromatic rings. The summed E-state index contributed by atoms with van der Waals surface area (Å²) in [5, 5.41) is 13.8. The number of aliphatic hydroxyl groups is 1. The van der Waals surface area contributed by atoms with Gasteiger partial charge in [-0.05, 0) is 19.3 Å². The van der Waals surface area contributed by atoms with Crippen molar-refractivity contribution >= 4 is 13.7 Å². The smallest absolute Gasteiger partial charge is 0.268 e. The number of quaternary nitrogens is 1. The molecule has 0 bridgehead atoms. The quantitative estimate of drug-likeness (QED) is 0.0273. The summed E-state index contributed by atoms with van der Waals surface area (Å²) >= 11 is 0. The minimum Gasteiger partial charge on any atom is -0.756 e. The van der Waals surface area contributed by atoms with Crippen molar-refractivity contribution in [1.82, 2.24) is 5.32 Å². The zero-order chi connectivity index (χ0) is 43.6. The largest absolute Gasteiger partial charge is 0.756 e. The zero-order valence-corrected chi connectivity index (χ0v) is 40.9. The van der Waals surface area contributed by atoms with E-state index in [1.54, 1.807) is 6.08 Å². The van der Waals surface area contributed by atoms with Crippen LogP contribution in [0, 0.1) is 0 Å². The van der Waals surface area contributed by atoms with Crippen LogP contribution in [0.4, 0.5) is 0 Å². The van der Waals surface area contributed by atoms with E-state index in [1.165, 1.54) is 193 Å². The lowest BCUT2D eigenvalue weighted by atomic mass is 10.0. The number of nitrogens with zero attached hydrogens (tertiary/aromatic N) is 1. The van der Waals surface area contributed by atoms with Crippen molar-refractivity contribution in [2.45, 2.75) is 264 Å². The molecule has 0 aliphatic carbocycles. The van der Waals surface area contributed by atoms with Gasteiger partial charge in [-0.15, -0.1) is 0 Å². The van der Waals surface area contributed by atoms with Gasteiger partial charge in [-0.3, -0.25) is 9.36 Å². The van der Waals surface area contributed by atoms with Crippen LogP contribution in [-0.4, -0.2) is 68.5 Å². The molecule has 8 nitrogen and oxygen atoms in total. The number of aliphatic hydroxyl groups excluding tert-OH is 1. The number of carbonyl (C=O) groups is 1. The maximum atomic E-state index is 12.9. The average molecular weight is 857 g/mol. The fourth-order valence-electron chi connectivity index (χ4n) is 7.68. The summed E-state index contributed by atoms with van der Waals surface area (Å²) in [6.07, 6.45) is 49.8. The molecular weight excluding hydrogens is 756 g/mol. The minimum absolute atomic E-state index is 0.00241. The number of phosphoric ester groups is 1. The lowest BCUT2D eigenvalue weighted by molar-refractivity contribution is -0.870. The average Bonchev–Trinajstić information content (AvgIpc) is 3.19. The lowest BCUT2D eigenvalue weighted by Gasteiger charge is -2.29. The van der Waals surface area contributed by atoms with E-state index in [9.17, 15) is 19.4 Å². The molecule has 0 fully saturated rings. The number of phosphoric acid groups is 1. The number of hydrogen-bond donors (Lipinski definition) is 2. The van der Waals surface area contributed by atoms with E-state index in [4.69, 9.17) is 9.05 Å². The number of likely N-dealkylation sites (N-methyl/N-ethyl adjacent to an activating group) is 1. The molecule has 0 saturated heterocycles. The molecule has 59 heavy (non-hydrogen) atoms. The van der Waals surface area contributed by atoms with Crippen LogP contribution in [0.15, 0.2) is 12.2 Å². The standard InChI is InChI=1S/C50H101N2O6P/c1-6-8-10-12-14-16-18-20-22-24-25-26-27-28-30-32-34-36-38-40-42-44-50(54)51-48(47-58-59(55,56)57-46-45-52(3,4)5)49(53)43-41-39-37-35-33-31-29-23-21-19-17-15-13-11-9-7-2/h41,43,48-49,53H,6-40,42,44-47H2,1-5H3,(H-,51,54,55,56)/b43-41+. The molecule has 0 aromatic heterocycles. The van der Waals surface area contributed by atoms with E-state index in [1.807, 2.05) is 27.2 Å². The Hall–Kier alpha value is -0.760. The summed E-state index contributed by atoms with van der Waals surface area (Å²) in [5.41, 5.74) is 0. The van der Waals surface area contributed by atoms with E-state index in [0.29, 0.717) is 17.4 Å². The first-order valence-electron chi connectivity index (χ1n) is 25.6. The van der Waals surface area contributed by atoms with E-state index in [0.717, 1.165) is 38.5 Å². The van der Waals surface area contributed by atoms with Crippen molar-refractivity contribution in [2.24, 2.45) is 0 Å². The first-order valence-corrected chi connectivity index (χ1v) is 27.0. The first kappa shape index (κ1) is 58.2. The van der Waals surface area contributed by atoms with Crippen molar-refractivity contribution in [1.29, 1.82) is 0 Å². The van der Waals surface area contributed by atoms with Gasteiger partial charge in [-0.1, -0.05) is 238 Å². The number of unbranched alkanes of at least 4 members (excludes halogenated alkanes) is 34. The van der Waals surface area contributed by atoms with Gasteiger partial charge in [0, 0.05) is 6.42 Å². The second kappa shape index (κ2) is 42.5. The monoisotopic (exact) mass is 857 g/mol. The Morgan fingerprint density at radius 3 is 1.27 bits per heavy atom. The predicted molar refractivity (Wildman–Crippen MR) is 252 cm³/mol. The van der Waals surface area contributed by atoms with E-state index in [2.05, 4.69) is 19.2 Å². The van der Waals surface area contributed by atoms with Gasteiger partial charge in [0.25, 0.3) is 7.82 Å². The molecule has 0 rings (SSSR count). The highest BCUT2D eigenvalue weighted by atomic mass is 31.2. The maximum Gasteiger partial charge on any atom is 0.268 e. The normalized spacial score (nSPS) is 14.2. The number of amides is 1. The second-order valence-corrected chi connectivity index (χ2v) is 20.3. The highest BCUT2D eigenvalue weighted by Crippen LogP contribution is 2.38. The van der Waals surface area contributed by atoms with Gasteiger partial charge in [0.05, 0.1) is 39.9 Å². The van der Waals surface area contributed by atoms with Crippen LogP contribution in [0.3, 0.4) is 0 Å². The molecule has 0 radical (unpaired) electrons. The Morgan fingerprint density at radius 1 is 0.576 bits per heavy atom. The van der Waals surface area contributed by atoms with Crippen LogP contribution >= 0.6 is 7.82 Å². The van der Waals surface area contributed by atoms with Gasteiger partial charge in [0.15, 0.2) is 0 Å². The van der Waals surface area contributed by atoms with Crippen LogP contribution in [0.1, 0.15) is 251 Å². The topological polar surface area (TPSA) is 108 Å². The summed E-state index contributed by atoms with van der Waals surface area (Å²) < 4.78 is 23.3.